The Labute approximate surface area is 160 Å². The number of thiazole rings is 1. The fourth-order valence-electron chi connectivity index (χ4n) is 2.49. The van der Waals surface area contributed by atoms with Gasteiger partial charge in [0.25, 0.3) is 16.1 Å². The lowest BCUT2D eigenvalue weighted by Gasteiger charge is -2.27. The Morgan fingerprint density at radius 3 is 2.74 bits per heavy atom. The second-order valence-electron chi connectivity index (χ2n) is 6.05. The summed E-state index contributed by atoms with van der Waals surface area (Å²) in [5.74, 6) is -0.400. The van der Waals surface area contributed by atoms with Crippen LogP contribution in [-0.2, 0) is 28.0 Å². The van der Waals surface area contributed by atoms with Gasteiger partial charge in [0.15, 0.2) is 11.7 Å². The van der Waals surface area contributed by atoms with E-state index in [9.17, 15) is 17.6 Å². The number of carbonyl (C=O) groups excluding carboxylic acids is 1. The highest BCUT2D eigenvalue weighted by Gasteiger charge is 2.30. The number of nitrogens with one attached hydrogen (secondary N) is 1. The molecule has 1 N–H and O–H groups in total. The molecule has 2 heterocycles. The maximum Gasteiger partial charge on any atom is 0.281 e. The average Bonchev–Trinajstić information content (AvgIpc) is 3.02. The van der Waals surface area contributed by atoms with E-state index < -0.39 is 16.1 Å². The van der Waals surface area contributed by atoms with Crippen molar-refractivity contribution in [3.8, 4) is 5.75 Å². The predicted octanol–water partition coefficient (Wildman–Crippen LogP) is 1.46. The molecule has 8 nitrogen and oxygen atoms in total. The number of hydrogen-bond acceptors (Lipinski definition) is 6. The first-order valence-electron chi connectivity index (χ1n) is 8.10. The van der Waals surface area contributed by atoms with E-state index >= 15 is 0 Å². The molecule has 0 radical (unpaired) electrons. The molecule has 1 aromatic heterocycles. The Kier molecular flexibility index (Phi) is 5.75. The van der Waals surface area contributed by atoms with Crippen molar-refractivity contribution in [2.75, 3.05) is 32.6 Å². The molecule has 27 heavy (non-hydrogen) atoms. The van der Waals surface area contributed by atoms with Gasteiger partial charge in [0.2, 0.25) is 0 Å². The normalized spacial score (nSPS) is 14.8. The van der Waals surface area contributed by atoms with Crippen LogP contribution >= 0.6 is 11.3 Å². The maximum atomic E-state index is 12.8. The van der Waals surface area contributed by atoms with Crippen LogP contribution in [0.2, 0.25) is 0 Å². The smallest absolute Gasteiger partial charge is 0.281 e. The van der Waals surface area contributed by atoms with Gasteiger partial charge in [-0.15, -0.1) is 11.3 Å². The lowest BCUT2D eigenvalue weighted by atomic mass is 10.2. The number of halogens is 1. The molecular weight excluding hydrogens is 395 g/mol. The van der Waals surface area contributed by atoms with Crippen LogP contribution in [0.4, 0.5) is 9.52 Å². The lowest BCUT2D eigenvalue weighted by Crippen LogP contribution is -2.42. The quantitative estimate of drug-likeness (QED) is 0.773. The van der Waals surface area contributed by atoms with Gasteiger partial charge in [-0.3, -0.25) is 10.1 Å². The van der Waals surface area contributed by atoms with E-state index in [2.05, 4.69) is 10.3 Å². The Hall–Kier alpha value is -2.08. The van der Waals surface area contributed by atoms with Crippen molar-refractivity contribution in [1.82, 2.24) is 13.6 Å². The van der Waals surface area contributed by atoms with Crippen LogP contribution in [0.25, 0.3) is 0 Å². The third kappa shape index (κ3) is 4.61. The van der Waals surface area contributed by atoms with E-state index in [4.69, 9.17) is 4.74 Å². The Morgan fingerprint density at radius 1 is 1.37 bits per heavy atom. The molecule has 1 aliphatic heterocycles. The summed E-state index contributed by atoms with van der Waals surface area (Å²) in [6.45, 7) is 0.338. The number of ether oxygens (including phenoxy) is 1. The molecular formula is C16H19FN4O4S2. The second kappa shape index (κ2) is 7.89. The van der Waals surface area contributed by atoms with Crippen LogP contribution in [0, 0.1) is 5.82 Å². The molecule has 3 rings (SSSR count). The van der Waals surface area contributed by atoms with E-state index in [0.29, 0.717) is 23.8 Å². The molecule has 0 atom stereocenters. The molecule has 0 unspecified atom stereocenters. The monoisotopic (exact) mass is 414 g/mol. The average molecular weight is 414 g/mol. The highest BCUT2D eigenvalue weighted by Crippen LogP contribution is 2.29. The Morgan fingerprint density at radius 2 is 2.07 bits per heavy atom. The van der Waals surface area contributed by atoms with E-state index in [-0.39, 0.29) is 19.0 Å². The first-order chi connectivity index (χ1) is 12.8. The van der Waals surface area contributed by atoms with Gasteiger partial charge in [-0.2, -0.15) is 17.0 Å². The van der Waals surface area contributed by atoms with Crippen molar-refractivity contribution in [2.45, 2.75) is 13.0 Å². The summed E-state index contributed by atoms with van der Waals surface area (Å²) in [5.41, 5.74) is 0.792. The van der Waals surface area contributed by atoms with Gasteiger partial charge >= 0.3 is 0 Å². The predicted molar refractivity (Wildman–Crippen MR) is 99.4 cm³/mol. The summed E-state index contributed by atoms with van der Waals surface area (Å²) in [4.78, 5) is 17.2. The highest BCUT2D eigenvalue weighted by molar-refractivity contribution is 7.86. The Bertz CT molecular complexity index is 928. The fourth-order valence-corrected chi connectivity index (χ4v) is 4.69. The summed E-state index contributed by atoms with van der Waals surface area (Å²) >= 11 is 1.25. The minimum atomic E-state index is -3.49. The zero-order valence-electron chi connectivity index (χ0n) is 14.8. The van der Waals surface area contributed by atoms with Gasteiger partial charge in [0.05, 0.1) is 12.2 Å². The molecule has 0 spiro atoms. The topological polar surface area (TPSA) is 91.8 Å². The van der Waals surface area contributed by atoms with Crippen molar-refractivity contribution >= 4 is 32.6 Å². The van der Waals surface area contributed by atoms with Crippen LogP contribution in [0.5, 0.6) is 5.75 Å². The number of benzene rings is 1. The summed E-state index contributed by atoms with van der Waals surface area (Å²) in [6.07, 6.45) is 0.487. The van der Waals surface area contributed by atoms with Crippen LogP contribution in [-0.4, -0.2) is 55.2 Å². The fraction of sp³-hybridized carbons (Fsp3) is 0.375. The van der Waals surface area contributed by atoms with Crippen LogP contribution in [0.3, 0.4) is 0 Å². The third-order valence-electron chi connectivity index (χ3n) is 3.91. The number of anilines is 1. The summed E-state index contributed by atoms with van der Waals surface area (Å²) < 4.78 is 45.2. The molecule has 0 aliphatic carbocycles. The van der Waals surface area contributed by atoms with Crippen molar-refractivity contribution in [3.05, 3.63) is 40.7 Å². The zero-order valence-corrected chi connectivity index (χ0v) is 16.4. The molecule has 0 bridgehead atoms. The van der Waals surface area contributed by atoms with Gasteiger partial charge in [-0.05, 0) is 24.3 Å². The van der Waals surface area contributed by atoms with E-state index in [0.717, 1.165) is 10.6 Å². The summed E-state index contributed by atoms with van der Waals surface area (Å²) in [7, 11) is -0.507. The molecule has 0 fully saturated rings. The van der Waals surface area contributed by atoms with Crippen LogP contribution in [0.1, 0.15) is 10.6 Å². The van der Waals surface area contributed by atoms with Crippen molar-refractivity contribution < 1.29 is 22.3 Å². The van der Waals surface area contributed by atoms with Crippen molar-refractivity contribution in [3.63, 3.8) is 0 Å². The minimum Gasteiger partial charge on any atom is -0.484 e. The van der Waals surface area contributed by atoms with Gasteiger partial charge < -0.3 is 4.74 Å². The first kappa shape index (κ1) is 19.7. The molecule has 0 saturated carbocycles. The van der Waals surface area contributed by atoms with Crippen LogP contribution < -0.4 is 10.1 Å². The SMILES string of the molecule is CN(C)S(=O)(=O)N1CCc2nc(NC(=O)COc3ccc(F)cc3)sc2C1. The number of aromatic nitrogens is 1. The first-order valence-corrected chi connectivity index (χ1v) is 10.3. The lowest BCUT2D eigenvalue weighted by molar-refractivity contribution is -0.118. The number of amides is 1. The van der Waals surface area contributed by atoms with Crippen LogP contribution in [0.15, 0.2) is 24.3 Å². The molecule has 1 aromatic carbocycles. The second-order valence-corrected chi connectivity index (χ2v) is 9.28. The molecule has 11 heteroatoms. The number of nitrogens with zero attached hydrogens (tertiary/aromatic N) is 3. The van der Waals surface area contributed by atoms with Crippen molar-refractivity contribution in [2.24, 2.45) is 0 Å². The maximum absolute atomic E-state index is 12.8. The van der Waals surface area contributed by atoms with E-state index in [1.54, 1.807) is 0 Å². The largest absolute Gasteiger partial charge is 0.484 e. The molecule has 146 valence electrons. The van der Waals surface area contributed by atoms with Gasteiger partial charge in [-0.1, -0.05) is 0 Å². The molecule has 0 saturated heterocycles. The number of carbonyl (C=O) groups is 1. The van der Waals surface area contributed by atoms with Crippen molar-refractivity contribution in [1.29, 1.82) is 0 Å². The number of hydrogen-bond donors (Lipinski definition) is 1. The van der Waals surface area contributed by atoms with E-state index in [1.807, 2.05) is 0 Å². The zero-order chi connectivity index (χ0) is 19.6. The summed E-state index contributed by atoms with van der Waals surface area (Å²) in [5, 5.41) is 3.05. The summed E-state index contributed by atoms with van der Waals surface area (Å²) in [6, 6.07) is 5.36. The highest BCUT2D eigenvalue weighted by atomic mass is 32.2. The number of fused-ring (bicyclic) bond motifs is 1. The minimum absolute atomic E-state index is 0.232. The van der Waals surface area contributed by atoms with Gasteiger partial charge in [-0.25, -0.2) is 9.37 Å². The van der Waals surface area contributed by atoms with Gasteiger partial charge in [0.1, 0.15) is 11.6 Å². The van der Waals surface area contributed by atoms with E-state index in [1.165, 1.54) is 58.3 Å². The third-order valence-corrected chi connectivity index (χ3v) is 6.80. The molecule has 1 amide bonds. The van der Waals surface area contributed by atoms with Gasteiger partial charge in [0, 0.05) is 31.9 Å². The Balaban J connectivity index is 1.59. The molecule has 2 aromatic rings. The standard InChI is InChI=1S/C16H19FN4O4S2/c1-20(2)27(23,24)21-8-7-13-14(9-21)26-16(18-13)19-15(22)10-25-12-5-3-11(17)4-6-12/h3-6H,7-10H2,1-2H3,(H,18,19,22). The number of rotatable bonds is 6. The molecule has 1 aliphatic rings.